The predicted molar refractivity (Wildman–Crippen MR) is 65.7 cm³/mol. The molecule has 0 aliphatic carbocycles. The van der Waals surface area contributed by atoms with Crippen LogP contribution >= 0.6 is 0 Å². The third-order valence-electron chi connectivity index (χ3n) is 2.86. The second-order valence-corrected chi connectivity index (χ2v) is 4.24. The Bertz CT molecular complexity index is 397. The summed E-state index contributed by atoms with van der Waals surface area (Å²) >= 11 is 0. The fourth-order valence-corrected chi connectivity index (χ4v) is 1.81. The quantitative estimate of drug-likeness (QED) is 0.805. The fraction of sp³-hybridized carbons (Fsp3) is 0.538. The molecule has 2 N–H and O–H groups in total. The van der Waals surface area contributed by atoms with Crippen LogP contribution in [0.2, 0.25) is 0 Å². The van der Waals surface area contributed by atoms with Gasteiger partial charge in [0.2, 0.25) is 0 Å². The summed E-state index contributed by atoms with van der Waals surface area (Å²) < 4.78 is 42.0. The maximum Gasteiger partial charge on any atom is 0.387 e. The van der Waals surface area contributed by atoms with Crippen LogP contribution in [-0.4, -0.2) is 24.4 Å². The van der Waals surface area contributed by atoms with E-state index in [0.717, 1.165) is 6.07 Å². The fourth-order valence-electron chi connectivity index (χ4n) is 1.81. The Morgan fingerprint density at radius 2 is 2.05 bits per heavy atom. The van der Waals surface area contributed by atoms with E-state index in [1.54, 1.807) is 6.92 Å². The van der Waals surface area contributed by atoms with Gasteiger partial charge in [-0.3, -0.25) is 0 Å². The smallest absolute Gasteiger partial charge is 0.387 e. The van der Waals surface area contributed by atoms with Gasteiger partial charge in [0.1, 0.15) is 11.6 Å². The van der Waals surface area contributed by atoms with Crippen molar-refractivity contribution in [2.75, 3.05) is 6.61 Å². The molecular formula is C13H18F3NO2. The molecule has 0 fully saturated rings. The number of aliphatic hydroxyl groups excluding tert-OH is 1. The van der Waals surface area contributed by atoms with Gasteiger partial charge in [-0.1, -0.05) is 13.0 Å². The standard InChI is InChI=1S/C13H18F3NO2/c1-3-10(7-18)17-8(2)11-5-4-9(14)6-12(11)19-13(15)16/h4-6,8,10,13,17-18H,3,7H2,1-2H3. The molecule has 0 aliphatic rings. The van der Waals surface area contributed by atoms with Crippen LogP contribution in [0.25, 0.3) is 0 Å². The van der Waals surface area contributed by atoms with Crippen molar-refractivity contribution in [1.29, 1.82) is 0 Å². The van der Waals surface area contributed by atoms with Gasteiger partial charge >= 0.3 is 6.61 Å². The zero-order valence-corrected chi connectivity index (χ0v) is 10.9. The van der Waals surface area contributed by atoms with E-state index < -0.39 is 12.4 Å². The van der Waals surface area contributed by atoms with Crippen LogP contribution < -0.4 is 10.1 Å². The molecule has 2 unspecified atom stereocenters. The minimum atomic E-state index is -3.01. The zero-order chi connectivity index (χ0) is 14.4. The van der Waals surface area contributed by atoms with E-state index in [2.05, 4.69) is 10.1 Å². The van der Waals surface area contributed by atoms with Crippen molar-refractivity contribution >= 4 is 0 Å². The van der Waals surface area contributed by atoms with Gasteiger partial charge in [0.15, 0.2) is 0 Å². The van der Waals surface area contributed by atoms with Gasteiger partial charge in [0.25, 0.3) is 0 Å². The summed E-state index contributed by atoms with van der Waals surface area (Å²) in [6, 6.07) is 3.02. The number of nitrogens with one attached hydrogen (secondary N) is 1. The number of halogens is 3. The molecule has 0 spiro atoms. The van der Waals surface area contributed by atoms with E-state index in [0.29, 0.717) is 12.0 Å². The molecule has 19 heavy (non-hydrogen) atoms. The lowest BCUT2D eigenvalue weighted by Crippen LogP contribution is -2.34. The Labute approximate surface area is 110 Å². The van der Waals surface area contributed by atoms with E-state index in [1.807, 2.05) is 6.92 Å². The average molecular weight is 277 g/mol. The first-order chi connectivity index (χ1) is 8.97. The number of rotatable bonds is 7. The summed E-state index contributed by atoms with van der Waals surface area (Å²) in [6.45, 7) is 0.561. The largest absolute Gasteiger partial charge is 0.434 e. The molecule has 0 heterocycles. The molecule has 3 nitrogen and oxygen atoms in total. The Morgan fingerprint density at radius 3 is 2.58 bits per heavy atom. The van der Waals surface area contributed by atoms with Crippen molar-refractivity contribution in [2.24, 2.45) is 0 Å². The highest BCUT2D eigenvalue weighted by Gasteiger charge is 2.18. The maximum atomic E-state index is 13.1. The molecule has 0 saturated carbocycles. The predicted octanol–water partition coefficient (Wildman–Crippen LogP) is 2.85. The first kappa shape index (κ1) is 15.8. The van der Waals surface area contributed by atoms with Crippen LogP contribution in [0.3, 0.4) is 0 Å². The van der Waals surface area contributed by atoms with Gasteiger partial charge < -0.3 is 15.2 Å². The maximum absolute atomic E-state index is 13.1. The molecule has 1 rings (SSSR count). The third kappa shape index (κ3) is 4.72. The molecule has 108 valence electrons. The molecule has 0 amide bonds. The van der Waals surface area contributed by atoms with Crippen molar-refractivity contribution in [3.8, 4) is 5.75 Å². The molecule has 0 aliphatic heterocycles. The van der Waals surface area contributed by atoms with Crippen molar-refractivity contribution in [2.45, 2.75) is 39.0 Å². The van der Waals surface area contributed by atoms with E-state index >= 15 is 0 Å². The summed E-state index contributed by atoms with van der Waals surface area (Å²) in [4.78, 5) is 0. The molecule has 1 aromatic rings. The first-order valence-electron chi connectivity index (χ1n) is 6.09. The number of ether oxygens (including phenoxy) is 1. The number of alkyl halides is 2. The van der Waals surface area contributed by atoms with Crippen molar-refractivity contribution < 1.29 is 23.0 Å². The molecular weight excluding hydrogens is 259 g/mol. The highest BCUT2D eigenvalue weighted by molar-refractivity contribution is 5.36. The molecule has 0 radical (unpaired) electrons. The Morgan fingerprint density at radius 1 is 1.37 bits per heavy atom. The van der Waals surface area contributed by atoms with E-state index in [4.69, 9.17) is 5.11 Å². The van der Waals surface area contributed by atoms with Gasteiger partial charge in [-0.15, -0.1) is 0 Å². The second-order valence-electron chi connectivity index (χ2n) is 4.24. The molecule has 0 bridgehead atoms. The minimum Gasteiger partial charge on any atom is -0.434 e. The van der Waals surface area contributed by atoms with Crippen LogP contribution in [0.1, 0.15) is 31.9 Å². The highest BCUT2D eigenvalue weighted by atomic mass is 19.3. The lowest BCUT2D eigenvalue weighted by molar-refractivity contribution is -0.0508. The number of benzene rings is 1. The second kappa shape index (κ2) is 7.35. The topological polar surface area (TPSA) is 41.5 Å². The van der Waals surface area contributed by atoms with Crippen molar-refractivity contribution in [1.82, 2.24) is 5.32 Å². The van der Waals surface area contributed by atoms with Crippen LogP contribution in [0.4, 0.5) is 13.2 Å². The summed E-state index contributed by atoms with van der Waals surface area (Å²) in [7, 11) is 0. The number of aliphatic hydroxyl groups is 1. The summed E-state index contributed by atoms with van der Waals surface area (Å²) in [6.07, 6.45) is 0.688. The van der Waals surface area contributed by atoms with E-state index in [1.165, 1.54) is 12.1 Å². The van der Waals surface area contributed by atoms with Crippen molar-refractivity contribution in [3.05, 3.63) is 29.6 Å². The van der Waals surface area contributed by atoms with Gasteiger partial charge in [-0.25, -0.2) is 4.39 Å². The van der Waals surface area contributed by atoms with Crippen molar-refractivity contribution in [3.63, 3.8) is 0 Å². The minimum absolute atomic E-state index is 0.0624. The highest BCUT2D eigenvalue weighted by Crippen LogP contribution is 2.28. The van der Waals surface area contributed by atoms with Gasteiger partial charge in [-0.05, 0) is 19.4 Å². The first-order valence-corrected chi connectivity index (χ1v) is 6.09. The lowest BCUT2D eigenvalue weighted by Gasteiger charge is -2.22. The van der Waals surface area contributed by atoms with Gasteiger partial charge in [0, 0.05) is 23.7 Å². The van der Waals surface area contributed by atoms with Crippen LogP contribution in [0.5, 0.6) is 5.75 Å². The monoisotopic (exact) mass is 277 g/mol. The Kier molecular flexibility index (Phi) is 6.11. The molecule has 0 aromatic heterocycles. The Hall–Kier alpha value is -1.27. The molecule has 0 saturated heterocycles. The zero-order valence-electron chi connectivity index (χ0n) is 10.9. The molecule has 2 atom stereocenters. The van der Waals surface area contributed by atoms with E-state index in [-0.39, 0.29) is 24.4 Å². The van der Waals surface area contributed by atoms with Crippen LogP contribution in [-0.2, 0) is 0 Å². The summed E-state index contributed by atoms with van der Waals surface area (Å²) in [5.74, 6) is -0.830. The van der Waals surface area contributed by atoms with Gasteiger partial charge in [-0.2, -0.15) is 8.78 Å². The number of hydrogen-bond donors (Lipinski definition) is 2. The van der Waals surface area contributed by atoms with Crippen LogP contribution in [0.15, 0.2) is 18.2 Å². The normalized spacial score (nSPS) is 14.5. The SMILES string of the molecule is CCC(CO)NC(C)c1ccc(F)cc1OC(F)F. The molecule has 6 heteroatoms. The third-order valence-corrected chi connectivity index (χ3v) is 2.86. The van der Waals surface area contributed by atoms with E-state index in [9.17, 15) is 13.2 Å². The Balaban J connectivity index is 2.91. The average Bonchev–Trinajstić information content (AvgIpc) is 2.35. The number of hydrogen-bond acceptors (Lipinski definition) is 3. The summed E-state index contributed by atoms with van der Waals surface area (Å²) in [5, 5.41) is 12.2. The lowest BCUT2D eigenvalue weighted by atomic mass is 10.1. The summed E-state index contributed by atoms with van der Waals surface area (Å²) in [5.41, 5.74) is 0.425. The molecule has 1 aromatic carbocycles. The van der Waals surface area contributed by atoms with Crippen LogP contribution in [0, 0.1) is 5.82 Å². The van der Waals surface area contributed by atoms with Gasteiger partial charge in [0.05, 0.1) is 6.61 Å².